The van der Waals surface area contributed by atoms with Crippen molar-refractivity contribution >= 4 is 0 Å². The molecule has 0 saturated carbocycles. The molecule has 1 aliphatic rings. The standard InChI is InChI=1S/C11H14O4/c1-13-8-5-3-7-4-6-9(12)15-10(7)11(8)14-2/h3,5,9,12H,4,6H2,1-2H3. The lowest BCUT2D eigenvalue weighted by Gasteiger charge is -2.24. The summed E-state index contributed by atoms with van der Waals surface area (Å²) in [6, 6.07) is 3.78. The third-order valence-corrected chi connectivity index (χ3v) is 2.50. The minimum Gasteiger partial charge on any atom is -0.493 e. The van der Waals surface area contributed by atoms with E-state index in [0.29, 0.717) is 23.7 Å². The lowest BCUT2D eigenvalue weighted by Crippen LogP contribution is -2.22. The molecule has 1 unspecified atom stereocenters. The number of aliphatic hydroxyl groups is 1. The predicted molar refractivity (Wildman–Crippen MR) is 54.5 cm³/mol. The second-order valence-corrected chi connectivity index (χ2v) is 3.40. The minimum atomic E-state index is -0.751. The maximum absolute atomic E-state index is 9.42. The monoisotopic (exact) mass is 210 g/mol. The van der Waals surface area contributed by atoms with E-state index in [4.69, 9.17) is 14.2 Å². The maximum atomic E-state index is 9.42. The Bertz CT molecular complexity index is 362. The number of aryl methyl sites for hydroxylation is 1. The molecule has 0 fully saturated rings. The van der Waals surface area contributed by atoms with Gasteiger partial charge in [0.15, 0.2) is 17.8 Å². The number of benzene rings is 1. The van der Waals surface area contributed by atoms with Crippen molar-refractivity contribution in [1.82, 2.24) is 0 Å². The summed E-state index contributed by atoms with van der Waals surface area (Å²) in [7, 11) is 3.13. The first-order valence-corrected chi connectivity index (χ1v) is 4.85. The number of hydrogen-bond acceptors (Lipinski definition) is 4. The van der Waals surface area contributed by atoms with Crippen molar-refractivity contribution in [3.05, 3.63) is 17.7 Å². The molecule has 4 heteroatoms. The first kappa shape index (κ1) is 10.1. The average Bonchev–Trinajstić information content (AvgIpc) is 2.27. The van der Waals surface area contributed by atoms with Crippen LogP contribution in [-0.4, -0.2) is 25.6 Å². The third kappa shape index (κ3) is 1.72. The Labute approximate surface area is 88.4 Å². The number of aliphatic hydroxyl groups excluding tert-OH is 1. The summed E-state index contributed by atoms with van der Waals surface area (Å²) >= 11 is 0. The summed E-state index contributed by atoms with van der Waals surface area (Å²) in [6.07, 6.45) is 0.651. The van der Waals surface area contributed by atoms with Crippen molar-refractivity contribution in [1.29, 1.82) is 0 Å². The van der Waals surface area contributed by atoms with Crippen LogP contribution in [0.2, 0.25) is 0 Å². The van der Waals surface area contributed by atoms with E-state index in [-0.39, 0.29) is 0 Å². The lowest BCUT2D eigenvalue weighted by atomic mass is 10.0. The topological polar surface area (TPSA) is 47.9 Å². The van der Waals surface area contributed by atoms with Crippen molar-refractivity contribution in [2.75, 3.05) is 14.2 Å². The fourth-order valence-corrected chi connectivity index (χ4v) is 1.74. The van der Waals surface area contributed by atoms with Gasteiger partial charge in [0.05, 0.1) is 14.2 Å². The van der Waals surface area contributed by atoms with Crippen LogP contribution in [0, 0.1) is 0 Å². The van der Waals surface area contributed by atoms with Gasteiger partial charge in [0.1, 0.15) is 0 Å². The van der Waals surface area contributed by atoms with E-state index >= 15 is 0 Å². The van der Waals surface area contributed by atoms with E-state index in [0.717, 1.165) is 12.0 Å². The van der Waals surface area contributed by atoms with Gasteiger partial charge in [-0.2, -0.15) is 0 Å². The highest BCUT2D eigenvalue weighted by Gasteiger charge is 2.23. The van der Waals surface area contributed by atoms with Crippen LogP contribution in [0.3, 0.4) is 0 Å². The van der Waals surface area contributed by atoms with Crippen molar-refractivity contribution in [2.24, 2.45) is 0 Å². The molecule has 0 bridgehead atoms. The van der Waals surface area contributed by atoms with Gasteiger partial charge in [-0.05, 0) is 18.1 Å². The summed E-state index contributed by atoms with van der Waals surface area (Å²) in [5.74, 6) is 1.76. The molecule has 1 aliphatic heterocycles. The second-order valence-electron chi connectivity index (χ2n) is 3.40. The maximum Gasteiger partial charge on any atom is 0.203 e. The largest absolute Gasteiger partial charge is 0.493 e. The number of rotatable bonds is 2. The fraction of sp³-hybridized carbons (Fsp3) is 0.455. The molecule has 4 nitrogen and oxygen atoms in total. The molecule has 1 N–H and O–H groups in total. The Morgan fingerprint density at radius 1 is 1.33 bits per heavy atom. The zero-order chi connectivity index (χ0) is 10.8. The number of ether oxygens (including phenoxy) is 3. The van der Waals surface area contributed by atoms with Crippen LogP contribution in [0.25, 0.3) is 0 Å². The molecule has 1 aromatic carbocycles. The highest BCUT2D eigenvalue weighted by Crippen LogP contribution is 2.42. The first-order valence-electron chi connectivity index (χ1n) is 4.85. The molecule has 0 saturated heterocycles. The molecule has 0 amide bonds. The molecule has 1 atom stereocenters. The number of hydrogen-bond donors (Lipinski definition) is 1. The van der Waals surface area contributed by atoms with E-state index in [1.165, 1.54) is 0 Å². The molecular weight excluding hydrogens is 196 g/mol. The first-order chi connectivity index (χ1) is 7.26. The Balaban J connectivity index is 2.48. The van der Waals surface area contributed by atoms with Crippen molar-refractivity contribution in [3.63, 3.8) is 0 Å². The molecule has 15 heavy (non-hydrogen) atoms. The molecule has 0 aliphatic carbocycles. The SMILES string of the molecule is COc1ccc2c(c1OC)OC(O)CC2. The summed E-state index contributed by atoms with van der Waals surface area (Å²) in [4.78, 5) is 0. The van der Waals surface area contributed by atoms with Gasteiger partial charge in [0, 0.05) is 6.42 Å². The Hall–Kier alpha value is -1.42. The van der Waals surface area contributed by atoms with Gasteiger partial charge >= 0.3 is 0 Å². The van der Waals surface area contributed by atoms with Crippen molar-refractivity contribution < 1.29 is 19.3 Å². The Kier molecular flexibility index (Phi) is 2.68. The molecule has 0 radical (unpaired) electrons. The quantitative estimate of drug-likeness (QED) is 0.800. The molecule has 1 heterocycles. The number of fused-ring (bicyclic) bond motifs is 1. The van der Waals surface area contributed by atoms with Crippen LogP contribution in [0.5, 0.6) is 17.2 Å². The number of methoxy groups -OCH3 is 2. The van der Waals surface area contributed by atoms with Gasteiger partial charge in [0.2, 0.25) is 5.75 Å². The van der Waals surface area contributed by atoms with E-state index in [1.807, 2.05) is 12.1 Å². The Morgan fingerprint density at radius 2 is 2.13 bits per heavy atom. The summed E-state index contributed by atoms with van der Waals surface area (Å²) in [6.45, 7) is 0. The minimum absolute atomic E-state index is 0.550. The zero-order valence-corrected chi connectivity index (χ0v) is 8.82. The van der Waals surface area contributed by atoms with Crippen LogP contribution in [-0.2, 0) is 6.42 Å². The lowest BCUT2D eigenvalue weighted by molar-refractivity contribution is -0.0334. The van der Waals surface area contributed by atoms with Crippen LogP contribution < -0.4 is 14.2 Å². The normalized spacial score (nSPS) is 19.0. The predicted octanol–water partition coefficient (Wildman–Crippen LogP) is 1.35. The third-order valence-electron chi connectivity index (χ3n) is 2.50. The summed E-state index contributed by atoms with van der Waals surface area (Å²) < 4.78 is 15.7. The van der Waals surface area contributed by atoms with E-state index in [1.54, 1.807) is 14.2 Å². The van der Waals surface area contributed by atoms with Gasteiger partial charge in [-0.25, -0.2) is 0 Å². The van der Waals surface area contributed by atoms with Crippen LogP contribution in [0.15, 0.2) is 12.1 Å². The van der Waals surface area contributed by atoms with Gasteiger partial charge in [-0.15, -0.1) is 0 Å². The molecular formula is C11H14O4. The van der Waals surface area contributed by atoms with Crippen molar-refractivity contribution in [3.8, 4) is 17.2 Å². The molecule has 0 aromatic heterocycles. The van der Waals surface area contributed by atoms with Crippen LogP contribution in [0.4, 0.5) is 0 Å². The average molecular weight is 210 g/mol. The summed E-state index contributed by atoms with van der Waals surface area (Å²) in [5, 5.41) is 9.42. The van der Waals surface area contributed by atoms with Crippen LogP contribution >= 0.6 is 0 Å². The summed E-state index contributed by atoms with van der Waals surface area (Å²) in [5.41, 5.74) is 1.04. The Morgan fingerprint density at radius 3 is 2.80 bits per heavy atom. The van der Waals surface area contributed by atoms with E-state index < -0.39 is 6.29 Å². The molecule has 1 aromatic rings. The van der Waals surface area contributed by atoms with Gasteiger partial charge in [0.25, 0.3) is 0 Å². The smallest absolute Gasteiger partial charge is 0.203 e. The van der Waals surface area contributed by atoms with Gasteiger partial charge in [-0.1, -0.05) is 6.07 Å². The van der Waals surface area contributed by atoms with E-state index in [9.17, 15) is 5.11 Å². The fourth-order valence-electron chi connectivity index (χ4n) is 1.74. The van der Waals surface area contributed by atoms with Crippen LogP contribution in [0.1, 0.15) is 12.0 Å². The van der Waals surface area contributed by atoms with Gasteiger partial charge < -0.3 is 19.3 Å². The van der Waals surface area contributed by atoms with Gasteiger partial charge in [-0.3, -0.25) is 0 Å². The molecule has 82 valence electrons. The second kappa shape index (κ2) is 3.98. The molecule has 2 rings (SSSR count). The van der Waals surface area contributed by atoms with E-state index in [2.05, 4.69) is 0 Å². The highest BCUT2D eigenvalue weighted by molar-refractivity contribution is 5.56. The molecule has 0 spiro atoms. The zero-order valence-electron chi connectivity index (χ0n) is 8.82. The van der Waals surface area contributed by atoms with Crippen molar-refractivity contribution in [2.45, 2.75) is 19.1 Å². The highest BCUT2D eigenvalue weighted by atomic mass is 16.6.